The van der Waals surface area contributed by atoms with Gasteiger partial charge in [-0.3, -0.25) is 4.79 Å². The number of hydrogen-bond acceptors (Lipinski definition) is 3. The molecular formula is C14H18FNO3. The summed E-state index contributed by atoms with van der Waals surface area (Å²) in [5, 5.41) is 9.71. The summed E-state index contributed by atoms with van der Waals surface area (Å²) in [6.07, 6.45) is -0.272. The van der Waals surface area contributed by atoms with Crippen molar-refractivity contribution in [2.45, 2.75) is 32.0 Å². The van der Waals surface area contributed by atoms with E-state index in [9.17, 15) is 14.3 Å². The van der Waals surface area contributed by atoms with Gasteiger partial charge in [0.25, 0.3) is 5.91 Å². The molecule has 0 saturated carbocycles. The highest BCUT2D eigenvalue weighted by atomic mass is 19.1. The van der Waals surface area contributed by atoms with Crippen LogP contribution in [0.1, 0.15) is 19.4 Å². The molecule has 0 spiro atoms. The number of benzene rings is 1. The van der Waals surface area contributed by atoms with Crippen LogP contribution in [-0.2, 0) is 11.2 Å². The van der Waals surface area contributed by atoms with E-state index < -0.39 is 11.7 Å². The van der Waals surface area contributed by atoms with Crippen LogP contribution in [-0.4, -0.2) is 41.2 Å². The van der Waals surface area contributed by atoms with Crippen LogP contribution >= 0.6 is 0 Å². The Morgan fingerprint density at radius 2 is 2.26 bits per heavy atom. The Labute approximate surface area is 111 Å². The number of amides is 1. The third-order valence-corrected chi connectivity index (χ3v) is 2.97. The summed E-state index contributed by atoms with van der Waals surface area (Å²) in [5.74, 6) is 0.00966. The molecule has 2 rings (SSSR count). The number of nitrogens with zero attached hydrogens (tertiary/aromatic N) is 1. The smallest absolute Gasteiger partial charge is 0.263 e. The lowest BCUT2D eigenvalue weighted by Crippen LogP contribution is -2.45. The van der Waals surface area contributed by atoms with E-state index in [1.54, 1.807) is 20.9 Å². The molecule has 0 radical (unpaired) electrons. The molecular weight excluding hydrogens is 249 g/mol. The van der Waals surface area contributed by atoms with E-state index in [0.29, 0.717) is 17.7 Å². The number of fused-ring (bicyclic) bond motifs is 1. The summed E-state index contributed by atoms with van der Waals surface area (Å²) >= 11 is 0. The predicted octanol–water partition coefficient (Wildman–Crippen LogP) is 1.36. The van der Waals surface area contributed by atoms with Crippen molar-refractivity contribution in [3.8, 4) is 5.75 Å². The normalized spacial score (nSPS) is 17.8. The second kappa shape index (κ2) is 4.81. The van der Waals surface area contributed by atoms with Gasteiger partial charge in [0.05, 0.1) is 5.60 Å². The second-order valence-corrected chi connectivity index (χ2v) is 5.57. The van der Waals surface area contributed by atoms with Crippen molar-refractivity contribution in [1.29, 1.82) is 0 Å². The molecule has 0 fully saturated rings. The molecule has 5 heteroatoms. The van der Waals surface area contributed by atoms with Gasteiger partial charge in [-0.2, -0.15) is 0 Å². The van der Waals surface area contributed by atoms with Crippen LogP contribution < -0.4 is 4.74 Å². The Morgan fingerprint density at radius 3 is 2.89 bits per heavy atom. The Hall–Kier alpha value is -1.62. The summed E-state index contributed by atoms with van der Waals surface area (Å²) in [7, 11) is 1.62. The standard InChI is InChI=1S/C14H18FNO3/c1-14(2,18)8-16(3)13(17)12-7-9-6-10(15)4-5-11(9)19-12/h4-6,12,18H,7-8H2,1-3H3. The Kier molecular flexibility index (Phi) is 3.49. The van der Waals surface area contributed by atoms with Crippen molar-refractivity contribution in [3.63, 3.8) is 0 Å². The van der Waals surface area contributed by atoms with E-state index in [-0.39, 0.29) is 18.3 Å². The van der Waals surface area contributed by atoms with Gasteiger partial charge < -0.3 is 14.7 Å². The molecule has 1 N–H and O–H groups in total. The molecule has 1 aliphatic rings. The molecule has 1 aromatic rings. The fourth-order valence-electron chi connectivity index (χ4n) is 2.26. The summed E-state index contributed by atoms with van der Waals surface area (Å²) in [6.45, 7) is 3.49. The lowest BCUT2D eigenvalue weighted by atomic mass is 10.1. The van der Waals surface area contributed by atoms with Gasteiger partial charge in [0, 0.05) is 25.6 Å². The molecule has 1 aliphatic heterocycles. The molecule has 1 aromatic carbocycles. The number of rotatable bonds is 3. The molecule has 0 aliphatic carbocycles. The number of carbonyl (C=O) groups excluding carboxylic acids is 1. The van der Waals surface area contributed by atoms with Gasteiger partial charge >= 0.3 is 0 Å². The van der Waals surface area contributed by atoms with Crippen LogP contribution in [0.2, 0.25) is 0 Å². The van der Waals surface area contributed by atoms with Crippen molar-refractivity contribution in [2.75, 3.05) is 13.6 Å². The average molecular weight is 267 g/mol. The first-order chi connectivity index (χ1) is 8.76. The monoisotopic (exact) mass is 267 g/mol. The third kappa shape index (κ3) is 3.23. The first-order valence-electron chi connectivity index (χ1n) is 6.19. The predicted molar refractivity (Wildman–Crippen MR) is 68.5 cm³/mol. The summed E-state index contributed by atoms with van der Waals surface area (Å²) in [6, 6.07) is 4.23. The fraction of sp³-hybridized carbons (Fsp3) is 0.500. The topological polar surface area (TPSA) is 49.8 Å². The molecule has 19 heavy (non-hydrogen) atoms. The molecule has 0 aromatic heterocycles. The molecule has 4 nitrogen and oxygen atoms in total. The first kappa shape index (κ1) is 13.8. The maximum Gasteiger partial charge on any atom is 0.263 e. The maximum absolute atomic E-state index is 13.1. The van der Waals surface area contributed by atoms with E-state index in [1.165, 1.54) is 23.1 Å². The number of carbonyl (C=O) groups is 1. The van der Waals surface area contributed by atoms with E-state index in [2.05, 4.69) is 0 Å². The van der Waals surface area contributed by atoms with Crippen LogP contribution in [0.3, 0.4) is 0 Å². The summed E-state index contributed by atoms with van der Waals surface area (Å²) in [5.41, 5.74) is -0.253. The molecule has 1 unspecified atom stereocenters. The van der Waals surface area contributed by atoms with Gasteiger partial charge in [0.1, 0.15) is 11.6 Å². The van der Waals surface area contributed by atoms with Crippen molar-refractivity contribution in [2.24, 2.45) is 0 Å². The van der Waals surface area contributed by atoms with Gasteiger partial charge in [-0.25, -0.2) is 4.39 Å². The van der Waals surface area contributed by atoms with Gasteiger partial charge in [0.2, 0.25) is 0 Å². The van der Waals surface area contributed by atoms with E-state index in [4.69, 9.17) is 4.74 Å². The van der Waals surface area contributed by atoms with Gasteiger partial charge in [-0.05, 0) is 32.0 Å². The number of aliphatic hydroxyl groups is 1. The highest BCUT2D eigenvalue weighted by Crippen LogP contribution is 2.30. The fourth-order valence-corrected chi connectivity index (χ4v) is 2.26. The Morgan fingerprint density at radius 1 is 1.58 bits per heavy atom. The molecule has 1 heterocycles. The third-order valence-electron chi connectivity index (χ3n) is 2.97. The molecule has 0 saturated heterocycles. The van der Waals surface area contributed by atoms with Crippen molar-refractivity contribution in [3.05, 3.63) is 29.6 Å². The number of likely N-dealkylation sites (N-methyl/N-ethyl adjacent to an activating group) is 1. The SMILES string of the molecule is CN(CC(C)(C)O)C(=O)C1Cc2cc(F)ccc2O1. The van der Waals surface area contributed by atoms with Gasteiger partial charge in [0.15, 0.2) is 6.10 Å². The number of ether oxygens (including phenoxy) is 1. The van der Waals surface area contributed by atoms with Gasteiger partial charge in [-0.1, -0.05) is 0 Å². The minimum absolute atomic E-state index is 0.210. The van der Waals surface area contributed by atoms with Crippen LogP contribution in [0.4, 0.5) is 4.39 Å². The van der Waals surface area contributed by atoms with Crippen LogP contribution in [0.15, 0.2) is 18.2 Å². The number of halogens is 1. The minimum Gasteiger partial charge on any atom is -0.480 e. The lowest BCUT2D eigenvalue weighted by molar-refractivity contribution is -0.139. The van der Waals surface area contributed by atoms with Crippen LogP contribution in [0.5, 0.6) is 5.75 Å². The largest absolute Gasteiger partial charge is 0.480 e. The zero-order valence-corrected chi connectivity index (χ0v) is 11.3. The van der Waals surface area contributed by atoms with Crippen LogP contribution in [0.25, 0.3) is 0 Å². The van der Waals surface area contributed by atoms with Crippen molar-refractivity contribution in [1.82, 2.24) is 4.90 Å². The highest BCUT2D eigenvalue weighted by molar-refractivity contribution is 5.82. The summed E-state index contributed by atoms with van der Waals surface area (Å²) in [4.78, 5) is 13.6. The zero-order chi connectivity index (χ0) is 14.2. The van der Waals surface area contributed by atoms with Crippen molar-refractivity contribution < 1.29 is 19.0 Å². The quantitative estimate of drug-likeness (QED) is 0.899. The molecule has 1 amide bonds. The minimum atomic E-state index is -0.956. The zero-order valence-electron chi connectivity index (χ0n) is 11.3. The van der Waals surface area contributed by atoms with Crippen LogP contribution in [0, 0.1) is 5.82 Å². The Balaban J connectivity index is 2.04. The Bertz CT molecular complexity index is 496. The number of hydrogen-bond donors (Lipinski definition) is 1. The molecule has 0 bridgehead atoms. The van der Waals surface area contributed by atoms with E-state index in [1.807, 2.05) is 0 Å². The van der Waals surface area contributed by atoms with Gasteiger partial charge in [-0.15, -0.1) is 0 Å². The lowest BCUT2D eigenvalue weighted by Gasteiger charge is -2.27. The molecule has 1 atom stereocenters. The first-order valence-corrected chi connectivity index (χ1v) is 6.19. The highest BCUT2D eigenvalue weighted by Gasteiger charge is 2.32. The maximum atomic E-state index is 13.1. The van der Waals surface area contributed by atoms with E-state index in [0.717, 1.165) is 0 Å². The second-order valence-electron chi connectivity index (χ2n) is 5.57. The van der Waals surface area contributed by atoms with Crippen molar-refractivity contribution >= 4 is 5.91 Å². The van der Waals surface area contributed by atoms with E-state index >= 15 is 0 Å². The molecule has 104 valence electrons. The average Bonchev–Trinajstić information content (AvgIpc) is 2.68. The summed E-state index contributed by atoms with van der Waals surface area (Å²) < 4.78 is 18.6.